The number of hydrogen-bond acceptors (Lipinski definition) is 8. The molecular formula is C6H5N7O3S. The third kappa shape index (κ3) is 2.78. The summed E-state index contributed by atoms with van der Waals surface area (Å²) in [6.45, 7) is -0.360. The molecule has 88 valence electrons. The Morgan fingerprint density at radius 2 is 2.29 bits per heavy atom. The van der Waals surface area contributed by atoms with Gasteiger partial charge in [0.05, 0.1) is 6.20 Å². The minimum atomic E-state index is -1.07. The Kier molecular flexibility index (Phi) is 3.00. The van der Waals surface area contributed by atoms with Crippen molar-refractivity contribution in [1.82, 2.24) is 29.8 Å². The van der Waals surface area contributed by atoms with Crippen molar-refractivity contribution < 1.29 is 14.7 Å². The monoisotopic (exact) mass is 255 g/mol. The highest BCUT2D eigenvalue weighted by atomic mass is 32.1. The van der Waals surface area contributed by atoms with Crippen molar-refractivity contribution in [2.24, 2.45) is 0 Å². The molecule has 0 aliphatic rings. The summed E-state index contributed by atoms with van der Waals surface area (Å²) >= 11 is 0.910. The number of amides is 1. The van der Waals surface area contributed by atoms with Gasteiger partial charge < -0.3 is 5.11 Å². The van der Waals surface area contributed by atoms with E-state index in [1.807, 2.05) is 0 Å². The first-order chi connectivity index (χ1) is 8.15. The van der Waals surface area contributed by atoms with Crippen LogP contribution in [0.25, 0.3) is 0 Å². The van der Waals surface area contributed by atoms with E-state index in [1.165, 1.54) is 6.20 Å². The molecule has 2 aromatic heterocycles. The van der Waals surface area contributed by atoms with Gasteiger partial charge in [0.2, 0.25) is 5.13 Å². The van der Waals surface area contributed by atoms with E-state index in [2.05, 4.69) is 30.4 Å². The fourth-order valence-corrected chi connectivity index (χ4v) is 1.32. The van der Waals surface area contributed by atoms with Crippen LogP contribution >= 0.6 is 11.5 Å². The van der Waals surface area contributed by atoms with Crippen LogP contribution in [-0.2, 0) is 11.3 Å². The maximum Gasteiger partial charge on any atom is 0.325 e. The average Bonchev–Trinajstić information content (AvgIpc) is 2.87. The molecule has 0 aliphatic carbocycles. The zero-order valence-electron chi connectivity index (χ0n) is 8.14. The van der Waals surface area contributed by atoms with E-state index in [-0.39, 0.29) is 17.4 Å². The number of nitrogens with zero attached hydrogens (tertiary/aromatic N) is 6. The molecule has 2 aromatic rings. The number of anilines is 1. The normalized spacial score (nSPS) is 10.1. The molecule has 17 heavy (non-hydrogen) atoms. The van der Waals surface area contributed by atoms with Crippen molar-refractivity contribution in [3.05, 3.63) is 11.9 Å². The summed E-state index contributed by atoms with van der Waals surface area (Å²) < 4.78 is 4.50. The zero-order chi connectivity index (χ0) is 12.3. The summed E-state index contributed by atoms with van der Waals surface area (Å²) in [5.74, 6) is -1.63. The molecular weight excluding hydrogens is 250 g/mol. The third-order valence-electron chi connectivity index (χ3n) is 1.59. The molecule has 0 radical (unpaired) electrons. The van der Waals surface area contributed by atoms with Crippen molar-refractivity contribution in [1.29, 1.82) is 0 Å². The topological polar surface area (TPSA) is 136 Å². The SMILES string of the molecule is O=C(O)Cn1cc(C(=O)Nc2nnns2)nn1. The van der Waals surface area contributed by atoms with Crippen LogP contribution in [0.3, 0.4) is 0 Å². The van der Waals surface area contributed by atoms with Gasteiger partial charge in [-0.25, -0.2) is 4.68 Å². The average molecular weight is 255 g/mol. The van der Waals surface area contributed by atoms with Gasteiger partial charge in [0, 0.05) is 11.5 Å². The van der Waals surface area contributed by atoms with Crippen LogP contribution in [0.1, 0.15) is 10.5 Å². The molecule has 0 saturated carbocycles. The molecule has 0 aromatic carbocycles. The Balaban J connectivity index is 2.04. The molecule has 0 fully saturated rings. The Morgan fingerprint density at radius 1 is 1.47 bits per heavy atom. The molecule has 0 atom stereocenters. The highest BCUT2D eigenvalue weighted by Crippen LogP contribution is 2.06. The van der Waals surface area contributed by atoms with Crippen LogP contribution in [0.15, 0.2) is 6.20 Å². The van der Waals surface area contributed by atoms with E-state index in [9.17, 15) is 9.59 Å². The number of nitrogens with one attached hydrogen (secondary N) is 1. The Morgan fingerprint density at radius 3 is 2.94 bits per heavy atom. The number of carboxylic acids is 1. The summed E-state index contributed by atoms with van der Waals surface area (Å²) in [6.07, 6.45) is 1.22. The molecule has 2 heterocycles. The Labute approximate surface area is 97.4 Å². The Bertz CT molecular complexity index is 536. The molecule has 10 nitrogen and oxygen atoms in total. The van der Waals surface area contributed by atoms with E-state index >= 15 is 0 Å². The molecule has 0 aliphatic heterocycles. The quantitative estimate of drug-likeness (QED) is 0.699. The lowest BCUT2D eigenvalue weighted by atomic mass is 10.4. The molecule has 0 unspecified atom stereocenters. The van der Waals surface area contributed by atoms with Crippen molar-refractivity contribution >= 4 is 28.5 Å². The van der Waals surface area contributed by atoms with Crippen molar-refractivity contribution in [2.75, 3.05) is 5.32 Å². The summed E-state index contributed by atoms with van der Waals surface area (Å²) in [5, 5.41) is 24.9. The summed E-state index contributed by atoms with van der Waals surface area (Å²) in [4.78, 5) is 21.9. The van der Waals surface area contributed by atoms with Crippen LogP contribution in [0.5, 0.6) is 0 Å². The smallest absolute Gasteiger partial charge is 0.325 e. The number of aliphatic carboxylic acids is 1. The predicted molar refractivity (Wildman–Crippen MR) is 53.3 cm³/mol. The van der Waals surface area contributed by atoms with Gasteiger partial charge in [-0.05, 0) is 5.21 Å². The number of aromatic nitrogens is 6. The van der Waals surface area contributed by atoms with Crippen molar-refractivity contribution in [3.63, 3.8) is 0 Å². The highest BCUT2D eigenvalue weighted by molar-refractivity contribution is 7.09. The Hall–Kier alpha value is -2.43. The van der Waals surface area contributed by atoms with Gasteiger partial charge in [-0.3, -0.25) is 14.9 Å². The van der Waals surface area contributed by atoms with Crippen LogP contribution in [0.2, 0.25) is 0 Å². The lowest BCUT2D eigenvalue weighted by Crippen LogP contribution is -2.12. The number of rotatable bonds is 4. The maximum atomic E-state index is 11.5. The predicted octanol–water partition coefficient (Wildman–Crippen LogP) is -1.14. The van der Waals surface area contributed by atoms with Gasteiger partial charge in [-0.1, -0.05) is 14.8 Å². The third-order valence-corrected chi connectivity index (χ3v) is 2.10. The van der Waals surface area contributed by atoms with Crippen LogP contribution in [0, 0.1) is 0 Å². The highest BCUT2D eigenvalue weighted by Gasteiger charge is 2.13. The standard InChI is InChI=1S/C6H5N7O3S/c14-4(15)2-13-1-3(8-11-13)5(16)7-6-9-10-12-17-6/h1H,2H2,(H,14,15)(H,7,9,12,16). The molecule has 2 N–H and O–H groups in total. The maximum absolute atomic E-state index is 11.5. The summed E-state index contributed by atoms with van der Waals surface area (Å²) in [6, 6.07) is 0. The molecule has 11 heteroatoms. The largest absolute Gasteiger partial charge is 0.480 e. The molecule has 0 saturated heterocycles. The van der Waals surface area contributed by atoms with E-state index < -0.39 is 11.9 Å². The van der Waals surface area contributed by atoms with Crippen molar-refractivity contribution in [2.45, 2.75) is 6.54 Å². The molecule has 1 amide bonds. The fraction of sp³-hybridized carbons (Fsp3) is 0.167. The second-order valence-electron chi connectivity index (χ2n) is 2.82. The van der Waals surface area contributed by atoms with E-state index in [0.29, 0.717) is 0 Å². The van der Waals surface area contributed by atoms with Crippen molar-refractivity contribution in [3.8, 4) is 0 Å². The van der Waals surface area contributed by atoms with Gasteiger partial charge >= 0.3 is 5.97 Å². The zero-order valence-corrected chi connectivity index (χ0v) is 8.96. The first-order valence-corrected chi connectivity index (χ1v) is 5.01. The van der Waals surface area contributed by atoms with E-state index in [1.54, 1.807) is 0 Å². The number of carbonyl (C=O) groups excluding carboxylic acids is 1. The second kappa shape index (κ2) is 4.61. The van der Waals surface area contributed by atoms with Crippen LogP contribution in [-0.4, -0.2) is 46.8 Å². The van der Waals surface area contributed by atoms with Gasteiger partial charge in [-0.2, -0.15) is 0 Å². The number of carboxylic acid groups (broad SMARTS) is 1. The molecule has 0 spiro atoms. The lowest BCUT2D eigenvalue weighted by molar-refractivity contribution is -0.137. The first-order valence-electron chi connectivity index (χ1n) is 4.23. The van der Waals surface area contributed by atoms with Crippen LogP contribution < -0.4 is 5.32 Å². The van der Waals surface area contributed by atoms with Gasteiger partial charge in [0.1, 0.15) is 6.54 Å². The van der Waals surface area contributed by atoms with Crippen LogP contribution in [0.4, 0.5) is 5.13 Å². The number of carbonyl (C=O) groups is 2. The first kappa shape index (κ1) is 11.1. The van der Waals surface area contributed by atoms with E-state index in [4.69, 9.17) is 5.11 Å². The minimum Gasteiger partial charge on any atom is -0.480 e. The number of hydrogen-bond donors (Lipinski definition) is 2. The molecule has 2 rings (SSSR count). The lowest BCUT2D eigenvalue weighted by Gasteiger charge is -1.94. The van der Waals surface area contributed by atoms with Gasteiger partial charge in [-0.15, -0.1) is 5.10 Å². The molecule has 0 bridgehead atoms. The van der Waals surface area contributed by atoms with E-state index in [0.717, 1.165) is 16.2 Å². The summed E-state index contributed by atoms with van der Waals surface area (Å²) in [7, 11) is 0. The van der Waals surface area contributed by atoms with Gasteiger partial charge in [0.15, 0.2) is 5.69 Å². The fourth-order valence-electron chi connectivity index (χ4n) is 0.961. The minimum absolute atomic E-state index is 0.0125. The second-order valence-corrected chi connectivity index (χ2v) is 3.55. The summed E-state index contributed by atoms with van der Waals surface area (Å²) in [5.41, 5.74) is -0.0125. The van der Waals surface area contributed by atoms with Gasteiger partial charge in [0.25, 0.3) is 5.91 Å².